The molecule has 0 N–H and O–H groups in total. The Bertz CT molecular complexity index is 198. The van der Waals surface area contributed by atoms with Gasteiger partial charge in [-0.2, -0.15) is 0 Å². The van der Waals surface area contributed by atoms with Crippen LogP contribution in [0.2, 0.25) is 0 Å². The van der Waals surface area contributed by atoms with Gasteiger partial charge in [-0.3, -0.25) is 0 Å². The van der Waals surface area contributed by atoms with Crippen LogP contribution in [-0.2, 0) is 0 Å². The topological polar surface area (TPSA) is 0 Å². The second-order valence-corrected chi connectivity index (χ2v) is 4.52. The number of halogens is 1. The van der Waals surface area contributed by atoms with E-state index >= 15 is 0 Å². The van der Waals surface area contributed by atoms with Gasteiger partial charge in [0.15, 0.2) is 0 Å². The molecule has 1 aromatic carbocycles. The fourth-order valence-corrected chi connectivity index (χ4v) is 2.23. The first-order chi connectivity index (χ1) is 5.93. The molecule has 0 amide bonds. The van der Waals surface area contributed by atoms with Crippen LogP contribution in [0.3, 0.4) is 0 Å². The first-order valence-electron chi connectivity index (χ1n) is 4.17. The lowest BCUT2D eigenvalue weighted by Crippen LogP contribution is -1.80. The maximum absolute atomic E-state index is 3.43. The van der Waals surface area contributed by atoms with E-state index in [0.29, 0.717) is 0 Å². The zero-order valence-electron chi connectivity index (χ0n) is 7.00. The van der Waals surface area contributed by atoms with Crippen LogP contribution in [0.15, 0.2) is 35.2 Å². The highest BCUT2D eigenvalue weighted by Crippen LogP contribution is 2.18. The smallest absolute Gasteiger partial charge is 0.00719 e. The summed E-state index contributed by atoms with van der Waals surface area (Å²) in [6, 6.07) is 10.6. The third kappa shape index (κ3) is 4.17. The van der Waals surface area contributed by atoms with Crippen molar-refractivity contribution in [2.45, 2.75) is 17.7 Å². The van der Waals surface area contributed by atoms with E-state index in [-0.39, 0.29) is 0 Å². The second kappa shape index (κ2) is 6.55. The summed E-state index contributed by atoms with van der Waals surface area (Å²) in [4.78, 5) is 1.38. The Morgan fingerprint density at radius 2 is 1.83 bits per heavy atom. The van der Waals surface area contributed by atoms with Gasteiger partial charge in [0.25, 0.3) is 0 Å². The number of hydrogen-bond donors (Lipinski definition) is 0. The van der Waals surface area contributed by atoms with E-state index in [0.717, 1.165) is 5.33 Å². The molecule has 66 valence electrons. The molecule has 0 radical (unpaired) electrons. The van der Waals surface area contributed by atoms with Crippen molar-refractivity contribution < 1.29 is 0 Å². The van der Waals surface area contributed by atoms with Crippen molar-refractivity contribution in [3.8, 4) is 0 Å². The Labute approximate surface area is 86.9 Å². The quantitative estimate of drug-likeness (QED) is 0.430. The van der Waals surface area contributed by atoms with Gasteiger partial charge in [0.05, 0.1) is 0 Å². The van der Waals surface area contributed by atoms with E-state index in [1.807, 2.05) is 11.8 Å². The average Bonchev–Trinajstić information content (AvgIpc) is 2.14. The molecular weight excluding hydrogens is 232 g/mol. The molecule has 0 spiro atoms. The van der Waals surface area contributed by atoms with Crippen LogP contribution in [0.5, 0.6) is 0 Å². The van der Waals surface area contributed by atoms with Crippen LogP contribution in [-0.4, -0.2) is 11.1 Å². The summed E-state index contributed by atoms with van der Waals surface area (Å²) in [6.07, 6.45) is 2.57. The molecule has 0 bridgehead atoms. The fourth-order valence-electron chi connectivity index (χ4n) is 0.903. The van der Waals surface area contributed by atoms with Gasteiger partial charge in [-0.15, -0.1) is 11.8 Å². The van der Waals surface area contributed by atoms with Gasteiger partial charge in [-0.1, -0.05) is 34.1 Å². The summed E-state index contributed by atoms with van der Waals surface area (Å²) in [5.41, 5.74) is 0. The molecular formula is C10H13BrS. The fraction of sp³-hybridized carbons (Fsp3) is 0.400. The van der Waals surface area contributed by atoms with Gasteiger partial charge in [0, 0.05) is 10.2 Å². The summed E-state index contributed by atoms with van der Waals surface area (Å²) in [5, 5.41) is 1.13. The van der Waals surface area contributed by atoms with Crippen molar-refractivity contribution in [2.75, 3.05) is 11.1 Å². The predicted octanol–water partition coefficient (Wildman–Crippen LogP) is 3.95. The van der Waals surface area contributed by atoms with E-state index in [1.54, 1.807) is 0 Å². The molecule has 0 aliphatic heterocycles. The van der Waals surface area contributed by atoms with Crippen LogP contribution in [0.4, 0.5) is 0 Å². The van der Waals surface area contributed by atoms with Crippen molar-refractivity contribution in [3.05, 3.63) is 30.3 Å². The van der Waals surface area contributed by atoms with Crippen LogP contribution in [0.1, 0.15) is 12.8 Å². The van der Waals surface area contributed by atoms with E-state index in [1.165, 1.54) is 23.5 Å². The molecule has 0 nitrogen and oxygen atoms in total. The third-order valence-electron chi connectivity index (χ3n) is 1.54. The summed E-state index contributed by atoms with van der Waals surface area (Å²) in [5.74, 6) is 1.23. The van der Waals surface area contributed by atoms with E-state index < -0.39 is 0 Å². The number of hydrogen-bond acceptors (Lipinski definition) is 1. The summed E-state index contributed by atoms with van der Waals surface area (Å²) in [7, 11) is 0. The van der Waals surface area contributed by atoms with Gasteiger partial charge in [-0.05, 0) is 30.7 Å². The van der Waals surface area contributed by atoms with Crippen molar-refractivity contribution in [1.29, 1.82) is 0 Å². The molecule has 0 aromatic heterocycles. The minimum absolute atomic E-state index is 1.13. The van der Waals surface area contributed by atoms with E-state index in [2.05, 4.69) is 46.3 Å². The molecule has 0 fully saturated rings. The minimum atomic E-state index is 1.13. The summed E-state index contributed by atoms with van der Waals surface area (Å²) in [6.45, 7) is 0. The summed E-state index contributed by atoms with van der Waals surface area (Å²) >= 11 is 5.37. The second-order valence-electron chi connectivity index (χ2n) is 2.56. The molecule has 0 atom stereocenters. The van der Waals surface area contributed by atoms with Crippen LogP contribution >= 0.6 is 27.7 Å². The first-order valence-corrected chi connectivity index (χ1v) is 6.28. The highest BCUT2D eigenvalue weighted by atomic mass is 79.9. The van der Waals surface area contributed by atoms with Crippen molar-refractivity contribution in [3.63, 3.8) is 0 Å². The molecule has 2 heteroatoms. The van der Waals surface area contributed by atoms with Crippen molar-refractivity contribution >= 4 is 27.7 Å². The molecule has 0 heterocycles. The Morgan fingerprint density at radius 3 is 2.50 bits per heavy atom. The first kappa shape index (κ1) is 10.1. The van der Waals surface area contributed by atoms with Gasteiger partial charge < -0.3 is 0 Å². The molecule has 0 aliphatic carbocycles. The standard InChI is InChI=1S/C10H13BrS/c11-8-4-5-9-12-10-6-2-1-3-7-10/h1-3,6-7H,4-5,8-9H2. The van der Waals surface area contributed by atoms with Gasteiger partial charge in [0.2, 0.25) is 0 Å². The molecule has 1 aromatic rings. The molecule has 12 heavy (non-hydrogen) atoms. The lowest BCUT2D eigenvalue weighted by molar-refractivity contribution is 0.913. The Balaban J connectivity index is 2.16. The van der Waals surface area contributed by atoms with Crippen LogP contribution in [0, 0.1) is 0 Å². The average molecular weight is 245 g/mol. The largest absolute Gasteiger partial charge is 0.126 e. The monoisotopic (exact) mass is 244 g/mol. The molecule has 1 rings (SSSR count). The van der Waals surface area contributed by atoms with E-state index in [4.69, 9.17) is 0 Å². The Hall–Kier alpha value is 0.0500. The molecule has 0 saturated carbocycles. The lowest BCUT2D eigenvalue weighted by atomic mass is 10.4. The predicted molar refractivity (Wildman–Crippen MR) is 60.2 cm³/mol. The van der Waals surface area contributed by atoms with Gasteiger partial charge in [0.1, 0.15) is 0 Å². The van der Waals surface area contributed by atoms with Crippen LogP contribution in [0.25, 0.3) is 0 Å². The number of alkyl halides is 1. The SMILES string of the molecule is BrCCCCSc1ccccc1. The van der Waals surface area contributed by atoms with Crippen molar-refractivity contribution in [2.24, 2.45) is 0 Å². The highest BCUT2D eigenvalue weighted by Gasteiger charge is 1.91. The Morgan fingerprint density at radius 1 is 1.08 bits per heavy atom. The molecule has 0 saturated heterocycles. The zero-order valence-corrected chi connectivity index (χ0v) is 9.40. The highest BCUT2D eigenvalue weighted by molar-refractivity contribution is 9.09. The Kier molecular flexibility index (Phi) is 5.53. The van der Waals surface area contributed by atoms with Crippen LogP contribution < -0.4 is 0 Å². The van der Waals surface area contributed by atoms with Gasteiger partial charge >= 0.3 is 0 Å². The third-order valence-corrected chi connectivity index (χ3v) is 3.20. The lowest BCUT2D eigenvalue weighted by Gasteiger charge is -1.99. The maximum atomic E-state index is 3.43. The number of rotatable bonds is 5. The summed E-state index contributed by atoms with van der Waals surface area (Å²) < 4.78 is 0. The normalized spacial score (nSPS) is 10.1. The molecule has 0 unspecified atom stereocenters. The maximum Gasteiger partial charge on any atom is 0.00719 e. The van der Waals surface area contributed by atoms with Gasteiger partial charge in [-0.25, -0.2) is 0 Å². The number of benzene rings is 1. The molecule has 0 aliphatic rings. The number of unbranched alkanes of at least 4 members (excludes halogenated alkanes) is 1. The minimum Gasteiger partial charge on any atom is -0.126 e. The van der Waals surface area contributed by atoms with E-state index in [9.17, 15) is 0 Å². The zero-order chi connectivity index (χ0) is 8.65. The van der Waals surface area contributed by atoms with Crippen molar-refractivity contribution in [1.82, 2.24) is 0 Å². The number of thioether (sulfide) groups is 1.